The van der Waals surface area contributed by atoms with Gasteiger partial charge in [-0.3, -0.25) is 0 Å². The lowest BCUT2D eigenvalue weighted by molar-refractivity contribution is 0.423. The highest BCUT2D eigenvalue weighted by atomic mass is 32.2. The van der Waals surface area contributed by atoms with Crippen LogP contribution in [0, 0.1) is 5.92 Å². The minimum absolute atomic E-state index is 0.0129. The number of hydrogen-bond donors (Lipinski definition) is 1. The maximum Gasteiger partial charge on any atom is 0.178 e. The molecule has 0 spiro atoms. The first kappa shape index (κ1) is 30.1. The zero-order valence-electron chi connectivity index (χ0n) is 22.8. The first-order chi connectivity index (χ1) is 17.8. The van der Waals surface area contributed by atoms with Gasteiger partial charge in [0.15, 0.2) is 19.7 Å². The predicted octanol–water partition coefficient (Wildman–Crippen LogP) is 6.37. The van der Waals surface area contributed by atoms with Crippen molar-refractivity contribution in [3.8, 4) is 0 Å². The van der Waals surface area contributed by atoms with Crippen LogP contribution in [0.25, 0.3) is 0 Å². The fraction of sp³-hybridized carbons (Fsp3) is 0.667. The van der Waals surface area contributed by atoms with E-state index in [1.54, 1.807) is 6.07 Å². The second kappa shape index (κ2) is 14.6. The Morgan fingerprint density at radius 3 is 2.41 bits per heavy atom. The molecule has 7 heteroatoms. The maximum atomic E-state index is 13.1. The standard InChI is InChI=1S/C30H47NO4S2/c1-3-5-6-12-25(11-4-2)27-13-9-15-29(23-27)36(32,33)21-7-8-22-37(34,35)30-16-10-14-28(24-30)26-17-19-31-20-18-26/h9-10,13-15,23-26,30-31H,3-8,11-12,16-22H2,1-2H3. The van der Waals surface area contributed by atoms with Crippen LogP contribution in [0.5, 0.6) is 0 Å². The number of piperidine rings is 1. The van der Waals surface area contributed by atoms with E-state index in [1.807, 2.05) is 24.3 Å². The molecule has 0 amide bonds. The van der Waals surface area contributed by atoms with Gasteiger partial charge in [-0.25, -0.2) is 16.8 Å². The predicted molar refractivity (Wildman–Crippen MR) is 155 cm³/mol. The normalized spacial score (nSPS) is 20.1. The molecular formula is C30H47NO4S2. The molecule has 0 radical (unpaired) electrons. The third-order valence-electron chi connectivity index (χ3n) is 7.90. The van der Waals surface area contributed by atoms with Crippen LogP contribution >= 0.6 is 0 Å². The fourth-order valence-corrected chi connectivity index (χ4v) is 8.75. The zero-order valence-corrected chi connectivity index (χ0v) is 24.5. The molecule has 3 rings (SSSR count). The Morgan fingerprint density at radius 2 is 1.68 bits per heavy atom. The van der Waals surface area contributed by atoms with Crippen molar-refractivity contribution in [3.05, 3.63) is 53.6 Å². The summed E-state index contributed by atoms with van der Waals surface area (Å²) < 4.78 is 52.3. The van der Waals surface area contributed by atoms with Gasteiger partial charge in [0.05, 0.1) is 21.7 Å². The van der Waals surface area contributed by atoms with Gasteiger partial charge in [0, 0.05) is 0 Å². The second-order valence-corrected chi connectivity index (χ2v) is 15.3. The molecule has 0 saturated carbocycles. The molecule has 208 valence electrons. The minimum Gasteiger partial charge on any atom is -0.317 e. The SMILES string of the molecule is CCCCCC(CCC)c1cccc(S(=O)(=O)CCCCS(=O)(=O)C2C=C(C3CCNCC3)C=CC2)c1. The number of benzene rings is 1. The van der Waals surface area contributed by atoms with Gasteiger partial charge in [-0.2, -0.15) is 0 Å². The van der Waals surface area contributed by atoms with E-state index in [1.165, 1.54) is 12.8 Å². The fourth-order valence-electron chi connectivity index (χ4n) is 5.65. The van der Waals surface area contributed by atoms with E-state index in [9.17, 15) is 16.8 Å². The van der Waals surface area contributed by atoms with Gasteiger partial charge in [-0.1, -0.05) is 69.9 Å². The van der Waals surface area contributed by atoms with Crippen molar-refractivity contribution < 1.29 is 16.8 Å². The van der Waals surface area contributed by atoms with Gasteiger partial charge in [-0.05, 0) is 93.1 Å². The van der Waals surface area contributed by atoms with Crippen LogP contribution < -0.4 is 5.32 Å². The van der Waals surface area contributed by atoms with Crippen molar-refractivity contribution in [1.82, 2.24) is 5.32 Å². The monoisotopic (exact) mass is 549 g/mol. The molecular weight excluding hydrogens is 502 g/mol. The summed E-state index contributed by atoms with van der Waals surface area (Å²) in [7, 11) is -6.76. The molecule has 1 heterocycles. The van der Waals surface area contributed by atoms with Crippen molar-refractivity contribution in [2.24, 2.45) is 5.92 Å². The van der Waals surface area contributed by atoms with E-state index >= 15 is 0 Å². The summed E-state index contributed by atoms with van der Waals surface area (Å²) in [6.45, 7) is 6.32. The number of rotatable bonds is 15. The molecule has 2 atom stereocenters. The number of hydrogen-bond acceptors (Lipinski definition) is 5. The van der Waals surface area contributed by atoms with E-state index < -0.39 is 24.9 Å². The summed E-state index contributed by atoms with van der Waals surface area (Å²) in [4.78, 5) is 0.372. The highest BCUT2D eigenvalue weighted by Crippen LogP contribution is 2.30. The molecule has 0 bridgehead atoms. The van der Waals surface area contributed by atoms with Crippen molar-refractivity contribution in [1.29, 1.82) is 0 Å². The van der Waals surface area contributed by atoms with Gasteiger partial charge < -0.3 is 5.32 Å². The lowest BCUT2D eigenvalue weighted by atomic mass is 9.87. The lowest BCUT2D eigenvalue weighted by Gasteiger charge is -2.27. The summed E-state index contributed by atoms with van der Waals surface area (Å²) in [6, 6.07) is 7.46. The quantitative estimate of drug-likeness (QED) is 0.257. The van der Waals surface area contributed by atoms with E-state index in [-0.39, 0.29) is 11.5 Å². The first-order valence-corrected chi connectivity index (χ1v) is 17.8. The summed E-state index contributed by atoms with van der Waals surface area (Å²) >= 11 is 0. The summed E-state index contributed by atoms with van der Waals surface area (Å²) in [6.07, 6.45) is 16.1. The van der Waals surface area contributed by atoms with Crippen LogP contribution in [0.4, 0.5) is 0 Å². The van der Waals surface area contributed by atoms with E-state index in [0.29, 0.717) is 36.0 Å². The van der Waals surface area contributed by atoms with Crippen LogP contribution in [-0.2, 0) is 19.7 Å². The molecule has 5 nitrogen and oxygen atoms in total. The van der Waals surface area contributed by atoms with Gasteiger partial charge in [0.1, 0.15) is 0 Å². The van der Waals surface area contributed by atoms with E-state index in [0.717, 1.165) is 62.8 Å². The maximum absolute atomic E-state index is 13.1. The Hall–Kier alpha value is -1.44. The van der Waals surface area contributed by atoms with Crippen LogP contribution in [0.1, 0.15) is 96.0 Å². The summed E-state index contributed by atoms with van der Waals surface area (Å²) in [5, 5.41) is 2.87. The lowest BCUT2D eigenvalue weighted by Crippen LogP contribution is -2.30. The second-order valence-electron chi connectivity index (χ2n) is 10.8. The number of unbranched alkanes of at least 4 members (excludes halogenated alkanes) is 3. The van der Waals surface area contributed by atoms with Crippen LogP contribution in [0.2, 0.25) is 0 Å². The first-order valence-electron chi connectivity index (χ1n) is 14.4. The van der Waals surface area contributed by atoms with Crippen molar-refractivity contribution >= 4 is 19.7 Å². The largest absolute Gasteiger partial charge is 0.317 e. The summed E-state index contributed by atoms with van der Waals surface area (Å²) in [5.74, 6) is 0.845. The van der Waals surface area contributed by atoms with Crippen molar-refractivity contribution in [2.45, 2.75) is 101 Å². The van der Waals surface area contributed by atoms with Crippen LogP contribution in [0.15, 0.2) is 53.0 Å². The van der Waals surface area contributed by atoms with Gasteiger partial charge in [0.2, 0.25) is 0 Å². The van der Waals surface area contributed by atoms with E-state index in [4.69, 9.17) is 0 Å². The van der Waals surface area contributed by atoms with E-state index in [2.05, 4.69) is 31.3 Å². The molecule has 2 aliphatic rings. The molecule has 1 aliphatic carbocycles. The smallest absolute Gasteiger partial charge is 0.178 e. The number of nitrogens with one attached hydrogen (secondary N) is 1. The molecule has 37 heavy (non-hydrogen) atoms. The molecule has 1 fully saturated rings. The Balaban J connectivity index is 1.55. The highest BCUT2D eigenvalue weighted by molar-refractivity contribution is 7.92. The molecule has 1 saturated heterocycles. The average Bonchev–Trinajstić information content (AvgIpc) is 2.91. The van der Waals surface area contributed by atoms with Crippen LogP contribution in [-0.4, -0.2) is 46.7 Å². The van der Waals surface area contributed by atoms with Gasteiger partial charge in [-0.15, -0.1) is 0 Å². The van der Waals surface area contributed by atoms with Crippen LogP contribution in [0.3, 0.4) is 0 Å². The molecule has 1 N–H and O–H groups in total. The Morgan fingerprint density at radius 1 is 0.919 bits per heavy atom. The Labute approximate surface area is 226 Å². The third kappa shape index (κ3) is 9.07. The Kier molecular flexibility index (Phi) is 11.9. The van der Waals surface area contributed by atoms with Crippen molar-refractivity contribution in [3.63, 3.8) is 0 Å². The molecule has 1 aliphatic heterocycles. The topological polar surface area (TPSA) is 80.3 Å². The number of sulfone groups is 2. The number of allylic oxidation sites excluding steroid dienone is 3. The van der Waals surface area contributed by atoms with Gasteiger partial charge in [0.25, 0.3) is 0 Å². The average molecular weight is 550 g/mol. The highest BCUT2D eigenvalue weighted by Gasteiger charge is 2.27. The van der Waals surface area contributed by atoms with Gasteiger partial charge >= 0.3 is 0 Å². The summed E-state index contributed by atoms with van der Waals surface area (Å²) in [5.41, 5.74) is 2.27. The Bertz CT molecular complexity index is 1120. The zero-order chi connectivity index (χ0) is 26.7. The molecule has 2 unspecified atom stereocenters. The minimum atomic E-state index is -3.45. The van der Waals surface area contributed by atoms with Crippen molar-refractivity contribution in [2.75, 3.05) is 24.6 Å². The molecule has 1 aromatic carbocycles. The molecule has 1 aromatic rings. The molecule has 0 aromatic heterocycles. The third-order valence-corrected chi connectivity index (χ3v) is 11.8.